The maximum Gasteiger partial charge on any atom is 0.251 e. The molecule has 3 rings (SSSR count). The summed E-state index contributed by atoms with van der Waals surface area (Å²) in [5.41, 5.74) is 9.67. The van der Waals surface area contributed by atoms with E-state index >= 15 is 0 Å². The lowest BCUT2D eigenvalue weighted by molar-refractivity contribution is 0.0946. The van der Waals surface area contributed by atoms with Gasteiger partial charge >= 0.3 is 0 Å². The first-order valence-electron chi connectivity index (χ1n) is 8.42. The number of nitrogens with one attached hydrogen (secondary N) is 1. The topological polar surface area (TPSA) is 55.1 Å². The lowest BCUT2D eigenvalue weighted by Crippen LogP contribution is -2.32. The fourth-order valence-electron chi connectivity index (χ4n) is 3.76. The van der Waals surface area contributed by atoms with Crippen molar-refractivity contribution in [2.45, 2.75) is 57.4 Å². The van der Waals surface area contributed by atoms with Crippen molar-refractivity contribution in [3.05, 3.63) is 34.9 Å². The lowest BCUT2D eigenvalue weighted by Gasteiger charge is -2.27. The van der Waals surface area contributed by atoms with Gasteiger partial charge in [0.1, 0.15) is 0 Å². The second-order valence-electron chi connectivity index (χ2n) is 6.55. The van der Waals surface area contributed by atoms with Crippen molar-refractivity contribution < 1.29 is 4.79 Å². The number of carbonyl (C=O) groups excluding carboxylic acids is 1. The van der Waals surface area contributed by atoms with Crippen LogP contribution in [0.2, 0.25) is 0 Å². The molecule has 1 heterocycles. The summed E-state index contributed by atoms with van der Waals surface area (Å²) in [5, 5.41) is 2.92. The molecule has 1 aliphatic heterocycles. The molecular formula is C18H26N2O. The molecule has 1 atom stereocenters. The van der Waals surface area contributed by atoms with Gasteiger partial charge in [0.15, 0.2) is 0 Å². The van der Waals surface area contributed by atoms with E-state index in [1.54, 1.807) is 0 Å². The van der Waals surface area contributed by atoms with E-state index in [0.29, 0.717) is 5.92 Å². The Hall–Kier alpha value is -1.35. The zero-order valence-corrected chi connectivity index (χ0v) is 12.7. The normalized spacial score (nSPS) is 21.9. The Bertz CT molecular complexity index is 504. The maximum absolute atomic E-state index is 12.0. The molecule has 1 aliphatic carbocycles. The highest BCUT2D eigenvalue weighted by molar-refractivity contribution is 5.96. The van der Waals surface area contributed by atoms with E-state index in [9.17, 15) is 4.79 Å². The highest BCUT2D eigenvalue weighted by Crippen LogP contribution is 2.32. The van der Waals surface area contributed by atoms with Gasteiger partial charge in [-0.05, 0) is 42.4 Å². The SMILES string of the molecule is NC(c1ccc2c(c1)C(=O)NCC2)C1CCCCCCC1. The van der Waals surface area contributed by atoms with Crippen molar-refractivity contribution >= 4 is 5.91 Å². The van der Waals surface area contributed by atoms with Crippen LogP contribution in [0.4, 0.5) is 0 Å². The van der Waals surface area contributed by atoms with Gasteiger partial charge < -0.3 is 11.1 Å². The number of amides is 1. The van der Waals surface area contributed by atoms with Crippen molar-refractivity contribution in [1.82, 2.24) is 5.32 Å². The molecule has 3 nitrogen and oxygen atoms in total. The molecule has 0 bridgehead atoms. The summed E-state index contributed by atoms with van der Waals surface area (Å²) in [6, 6.07) is 6.35. The van der Waals surface area contributed by atoms with Gasteiger partial charge in [0.05, 0.1) is 0 Å². The molecule has 0 saturated heterocycles. The van der Waals surface area contributed by atoms with E-state index in [4.69, 9.17) is 5.73 Å². The van der Waals surface area contributed by atoms with Crippen LogP contribution in [0.3, 0.4) is 0 Å². The molecule has 1 aromatic rings. The molecule has 21 heavy (non-hydrogen) atoms. The standard InChI is InChI=1S/C18H26N2O/c19-17(14-6-4-2-1-3-5-7-14)15-9-8-13-10-11-20-18(21)16(13)12-15/h8-9,12,14,17H,1-7,10-11,19H2,(H,20,21). The smallest absolute Gasteiger partial charge is 0.251 e. The van der Waals surface area contributed by atoms with Crippen molar-refractivity contribution in [2.24, 2.45) is 11.7 Å². The average molecular weight is 286 g/mol. The van der Waals surface area contributed by atoms with Crippen molar-refractivity contribution in [3.8, 4) is 0 Å². The maximum atomic E-state index is 12.0. The Morgan fingerprint density at radius 3 is 2.57 bits per heavy atom. The molecule has 0 spiro atoms. The Morgan fingerprint density at radius 1 is 1.10 bits per heavy atom. The van der Waals surface area contributed by atoms with Gasteiger partial charge in [0.2, 0.25) is 0 Å². The molecule has 1 saturated carbocycles. The van der Waals surface area contributed by atoms with Gasteiger partial charge in [-0.25, -0.2) is 0 Å². The molecule has 0 aromatic heterocycles. The van der Waals surface area contributed by atoms with Crippen LogP contribution in [0, 0.1) is 5.92 Å². The van der Waals surface area contributed by atoms with Crippen LogP contribution in [0.5, 0.6) is 0 Å². The van der Waals surface area contributed by atoms with E-state index in [1.807, 2.05) is 6.07 Å². The molecule has 1 amide bonds. The van der Waals surface area contributed by atoms with E-state index in [2.05, 4.69) is 17.4 Å². The molecular weight excluding hydrogens is 260 g/mol. The first-order chi connectivity index (χ1) is 10.3. The summed E-state index contributed by atoms with van der Waals surface area (Å²) in [6.07, 6.45) is 10.0. The van der Waals surface area contributed by atoms with Crippen LogP contribution in [-0.2, 0) is 6.42 Å². The zero-order valence-electron chi connectivity index (χ0n) is 12.7. The van der Waals surface area contributed by atoms with Gasteiger partial charge in [-0.1, -0.05) is 44.2 Å². The third-order valence-electron chi connectivity index (χ3n) is 5.10. The third kappa shape index (κ3) is 3.29. The van der Waals surface area contributed by atoms with E-state index in [-0.39, 0.29) is 11.9 Å². The number of benzene rings is 1. The van der Waals surface area contributed by atoms with Crippen LogP contribution >= 0.6 is 0 Å². The van der Waals surface area contributed by atoms with Crippen LogP contribution in [0.15, 0.2) is 18.2 Å². The molecule has 1 fully saturated rings. The van der Waals surface area contributed by atoms with Crippen LogP contribution < -0.4 is 11.1 Å². The number of rotatable bonds is 2. The Balaban J connectivity index is 1.78. The Kier molecular flexibility index (Phi) is 4.59. The molecule has 3 N–H and O–H groups in total. The number of hydrogen-bond acceptors (Lipinski definition) is 2. The predicted octanol–water partition coefficient (Wildman–Crippen LogP) is 3.33. The number of hydrogen-bond donors (Lipinski definition) is 2. The number of nitrogens with two attached hydrogens (primary N) is 1. The minimum absolute atomic E-state index is 0.0583. The fraction of sp³-hybridized carbons (Fsp3) is 0.611. The summed E-state index contributed by atoms with van der Waals surface area (Å²) in [4.78, 5) is 12.0. The Labute approximate surface area is 127 Å². The second kappa shape index (κ2) is 6.61. The van der Waals surface area contributed by atoms with Crippen molar-refractivity contribution in [1.29, 1.82) is 0 Å². The highest BCUT2D eigenvalue weighted by atomic mass is 16.1. The summed E-state index contributed by atoms with van der Waals surface area (Å²) in [6.45, 7) is 0.750. The minimum Gasteiger partial charge on any atom is -0.352 e. The molecule has 2 aliphatic rings. The first kappa shape index (κ1) is 14.6. The van der Waals surface area contributed by atoms with E-state index in [1.165, 1.54) is 44.9 Å². The van der Waals surface area contributed by atoms with Crippen molar-refractivity contribution in [3.63, 3.8) is 0 Å². The largest absolute Gasteiger partial charge is 0.352 e. The van der Waals surface area contributed by atoms with Crippen LogP contribution in [-0.4, -0.2) is 12.5 Å². The monoisotopic (exact) mass is 286 g/mol. The number of carbonyl (C=O) groups is 1. The van der Waals surface area contributed by atoms with Gasteiger partial charge in [0.25, 0.3) is 5.91 Å². The predicted molar refractivity (Wildman–Crippen MR) is 85.2 cm³/mol. The minimum atomic E-state index is 0.0583. The molecule has 114 valence electrons. The fourth-order valence-corrected chi connectivity index (χ4v) is 3.76. The summed E-state index contributed by atoms with van der Waals surface area (Å²) >= 11 is 0. The Morgan fingerprint density at radius 2 is 1.81 bits per heavy atom. The quantitative estimate of drug-likeness (QED) is 0.876. The van der Waals surface area contributed by atoms with Gasteiger partial charge in [-0.2, -0.15) is 0 Å². The summed E-state index contributed by atoms with van der Waals surface area (Å²) in [7, 11) is 0. The van der Waals surface area contributed by atoms with Crippen LogP contribution in [0.25, 0.3) is 0 Å². The number of fused-ring (bicyclic) bond motifs is 1. The summed E-state index contributed by atoms with van der Waals surface area (Å²) in [5.74, 6) is 0.623. The zero-order chi connectivity index (χ0) is 14.7. The summed E-state index contributed by atoms with van der Waals surface area (Å²) < 4.78 is 0. The van der Waals surface area contributed by atoms with E-state index in [0.717, 1.165) is 29.7 Å². The van der Waals surface area contributed by atoms with E-state index < -0.39 is 0 Å². The van der Waals surface area contributed by atoms with Gasteiger partial charge in [0, 0.05) is 18.2 Å². The second-order valence-corrected chi connectivity index (χ2v) is 6.55. The molecule has 3 heteroatoms. The molecule has 1 aromatic carbocycles. The first-order valence-corrected chi connectivity index (χ1v) is 8.42. The van der Waals surface area contributed by atoms with Crippen LogP contribution in [0.1, 0.15) is 72.5 Å². The molecule has 1 unspecified atom stereocenters. The lowest BCUT2D eigenvalue weighted by atomic mass is 9.82. The molecule has 0 radical (unpaired) electrons. The average Bonchev–Trinajstić information content (AvgIpc) is 2.46. The van der Waals surface area contributed by atoms with Gasteiger partial charge in [-0.15, -0.1) is 0 Å². The van der Waals surface area contributed by atoms with Crippen molar-refractivity contribution in [2.75, 3.05) is 6.54 Å². The third-order valence-corrected chi connectivity index (χ3v) is 5.10. The highest BCUT2D eigenvalue weighted by Gasteiger charge is 2.23. The van der Waals surface area contributed by atoms with Gasteiger partial charge in [-0.3, -0.25) is 4.79 Å².